The molecule has 2 atom stereocenters. The van der Waals surface area contributed by atoms with Crippen LogP contribution < -0.4 is 0 Å². The molecule has 0 N–H and O–H groups in total. The molecule has 0 saturated carbocycles. The summed E-state index contributed by atoms with van der Waals surface area (Å²) >= 11 is 0. The molecule has 28 heavy (non-hydrogen) atoms. The summed E-state index contributed by atoms with van der Waals surface area (Å²) in [6.45, 7) is 15.1. The van der Waals surface area contributed by atoms with Crippen LogP contribution in [0.25, 0.3) is 0 Å². The van der Waals surface area contributed by atoms with E-state index in [9.17, 15) is 5.26 Å². The third kappa shape index (κ3) is 7.78. The fourth-order valence-corrected chi connectivity index (χ4v) is 3.66. The van der Waals surface area contributed by atoms with Crippen molar-refractivity contribution in [2.75, 3.05) is 6.61 Å². The third-order valence-electron chi connectivity index (χ3n) is 5.18. The van der Waals surface area contributed by atoms with E-state index in [-0.39, 0.29) is 5.92 Å². The van der Waals surface area contributed by atoms with Crippen molar-refractivity contribution >= 4 is 0 Å². The van der Waals surface area contributed by atoms with Gasteiger partial charge < -0.3 is 9.47 Å². The SMILES string of the molecule is CCOC(C)OC1(C#N)C/C(C)=C/CC/C(C)=C/CC/C(C)=C/C=C1C(C)C. The first kappa shape index (κ1) is 24.4. The molecule has 0 amide bonds. The number of hydrogen-bond acceptors (Lipinski definition) is 3. The highest BCUT2D eigenvalue weighted by atomic mass is 16.7. The van der Waals surface area contributed by atoms with Gasteiger partial charge in [0.25, 0.3) is 0 Å². The van der Waals surface area contributed by atoms with Crippen LogP contribution in [-0.4, -0.2) is 18.5 Å². The highest BCUT2D eigenvalue weighted by molar-refractivity contribution is 5.35. The molecule has 0 heterocycles. The van der Waals surface area contributed by atoms with E-state index in [4.69, 9.17) is 9.47 Å². The maximum absolute atomic E-state index is 10.3. The molecule has 0 radical (unpaired) electrons. The molecule has 156 valence electrons. The second-order valence-electron chi connectivity index (χ2n) is 8.22. The van der Waals surface area contributed by atoms with Crippen LogP contribution in [0.5, 0.6) is 0 Å². The van der Waals surface area contributed by atoms with Crippen molar-refractivity contribution in [2.24, 2.45) is 5.92 Å². The predicted octanol–water partition coefficient (Wildman–Crippen LogP) is 7.03. The van der Waals surface area contributed by atoms with Gasteiger partial charge in [-0.25, -0.2) is 0 Å². The molecule has 0 aromatic heterocycles. The van der Waals surface area contributed by atoms with Crippen LogP contribution >= 0.6 is 0 Å². The van der Waals surface area contributed by atoms with Crippen LogP contribution in [0.15, 0.2) is 46.6 Å². The third-order valence-corrected chi connectivity index (χ3v) is 5.18. The second-order valence-corrected chi connectivity index (χ2v) is 8.22. The monoisotopic (exact) mass is 385 g/mol. The first-order valence-corrected chi connectivity index (χ1v) is 10.6. The molecule has 1 aliphatic rings. The van der Waals surface area contributed by atoms with E-state index in [1.54, 1.807) is 0 Å². The Balaban J connectivity index is 3.44. The van der Waals surface area contributed by atoms with Gasteiger partial charge in [-0.1, -0.05) is 54.9 Å². The number of rotatable bonds is 5. The molecule has 0 aromatic carbocycles. The second kappa shape index (κ2) is 12.0. The largest absolute Gasteiger partial charge is 0.353 e. The first-order valence-electron chi connectivity index (χ1n) is 10.6. The fraction of sp³-hybridized carbons (Fsp3) is 0.640. The minimum absolute atomic E-state index is 0.195. The molecular weight excluding hydrogens is 346 g/mol. The first-order chi connectivity index (χ1) is 13.2. The van der Waals surface area contributed by atoms with Gasteiger partial charge in [-0.2, -0.15) is 5.26 Å². The van der Waals surface area contributed by atoms with Crippen LogP contribution in [0.2, 0.25) is 0 Å². The van der Waals surface area contributed by atoms with Crippen molar-refractivity contribution < 1.29 is 9.47 Å². The smallest absolute Gasteiger partial charge is 0.182 e. The molecule has 0 bridgehead atoms. The minimum atomic E-state index is -1.02. The molecule has 0 saturated heterocycles. The zero-order valence-electron chi connectivity index (χ0n) is 19.0. The lowest BCUT2D eigenvalue weighted by Gasteiger charge is -2.34. The topological polar surface area (TPSA) is 42.2 Å². The number of hydrogen-bond donors (Lipinski definition) is 0. The van der Waals surface area contributed by atoms with Gasteiger partial charge in [-0.3, -0.25) is 0 Å². The van der Waals surface area contributed by atoms with Gasteiger partial charge in [0.2, 0.25) is 0 Å². The average molecular weight is 386 g/mol. The van der Waals surface area contributed by atoms with Crippen molar-refractivity contribution in [1.82, 2.24) is 0 Å². The van der Waals surface area contributed by atoms with E-state index in [1.165, 1.54) is 16.7 Å². The molecule has 1 rings (SSSR count). The Morgan fingerprint density at radius 1 is 1.00 bits per heavy atom. The fourth-order valence-electron chi connectivity index (χ4n) is 3.66. The summed E-state index contributed by atoms with van der Waals surface area (Å²) < 4.78 is 11.9. The molecule has 0 aliphatic heterocycles. The van der Waals surface area contributed by atoms with Crippen molar-refractivity contribution in [3.05, 3.63) is 46.6 Å². The van der Waals surface area contributed by atoms with E-state index < -0.39 is 11.9 Å². The maximum atomic E-state index is 10.3. The molecule has 3 heteroatoms. The zero-order valence-corrected chi connectivity index (χ0v) is 19.0. The van der Waals surface area contributed by atoms with Gasteiger partial charge in [0.1, 0.15) is 6.07 Å². The maximum Gasteiger partial charge on any atom is 0.182 e. The predicted molar refractivity (Wildman–Crippen MR) is 118 cm³/mol. The standard InChI is InChI=1S/C25H39NO2/c1-8-27-23(7)28-25(18-26)17-22(6)14-10-12-20(4)11-9-13-21(5)15-16-24(25)19(2)3/h11,14-16,19,23H,8-10,12-13,17H2,1-7H3/b20-11+,21-15+,22-14+,24-16?. The molecular formula is C25H39NO2. The number of nitriles is 1. The summed E-state index contributed by atoms with van der Waals surface area (Å²) in [5.74, 6) is 0.195. The van der Waals surface area contributed by atoms with E-state index in [2.05, 4.69) is 65.0 Å². The lowest BCUT2D eigenvalue weighted by molar-refractivity contribution is -0.171. The van der Waals surface area contributed by atoms with Gasteiger partial charge in [-0.05, 0) is 71.8 Å². The summed E-state index contributed by atoms with van der Waals surface area (Å²) in [4.78, 5) is 0. The number of allylic oxidation sites excluding steroid dienone is 6. The van der Waals surface area contributed by atoms with Crippen molar-refractivity contribution in [1.29, 1.82) is 5.26 Å². The minimum Gasteiger partial charge on any atom is -0.353 e. The lowest BCUT2D eigenvalue weighted by Crippen LogP contribution is -2.39. The summed E-state index contributed by atoms with van der Waals surface area (Å²) in [5, 5.41) is 10.3. The normalized spacial score (nSPS) is 29.2. The van der Waals surface area contributed by atoms with Crippen LogP contribution in [0, 0.1) is 17.2 Å². The number of ether oxygens (including phenoxy) is 2. The molecule has 0 aromatic rings. The Kier molecular flexibility index (Phi) is 10.5. The average Bonchev–Trinajstić information content (AvgIpc) is 2.60. The van der Waals surface area contributed by atoms with E-state index in [1.807, 2.05) is 13.8 Å². The van der Waals surface area contributed by atoms with Gasteiger partial charge in [0.05, 0.1) is 0 Å². The zero-order chi connectivity index (χ0) is 21.2. The van der Waals surface area contributed by atoms with Gasteiger partial charge in [0, 0.05) is 13.0 Å². The van der Waals surface area contributed by atoms with Crippen molar-refractivity contribution in [3.63, 3.8) is 0 Å². The molecule has 0 spiro atoms. The van der Waals surface area contributed by atoms with Crippen LogP contribution in [0.1, 0.15) is 80.6 Å². The highest BCUT2D eigenvalue weighted by Crippen LogP contribution is 2.35. The molecule has 0 fully saturated rings. The van der Waals surface area contributed by atoms with E-state index in [0.717, 1.165) is 31.3 Å². The Hall–Kier alpha value is -1.63. The van der Waals surface area contributed by atoms with Crippen LogP contribution in [0.4, 0.5) is 0 Å². The number of nitrogens with zero attached hydrogens (tertiary/aromatic N) is 1. The van der Waals surface area contributed by atoms with Crippen LogP contribution in [-0.2, 0) is 9.47 Å². The summed E-state index contributed by atoms with van der Waals surface area (Å²) in [6, 6.07) is 2.52. The van der Waals surface area contributed by atoms with Crippen molar-refractivity contribution in [2.45, 2.75) is 92.5 Å². The van der Waals surface area contributed by atoms with Crippen molar-refractivity contribution in [3.8, 4) is 6.07 Å². The Labute approximate surface area is 172 Å². The molecule has 3 nitrogen and oxygen atoms in total. The molecule has 1 aliphatic carbocycles. The van der Waals surface area contributed by atoms with E-state index in [0.29, 0.717) is 13.0 Å². The summed E-state index contributed by atoms with van der Waals surface area (Å²) in [6.07, 6.45) is 13.1. The highest BCUT2D eigenvalue weighted by Gasteiger charge is 2.39. The molecule has 2 unspecified atom stereocenters. The van der Waals surface area contributed by atoms with Crippen LogP contribution in [0.3, 0.4) is 0 Å². The van der Waals surface area contributed by atoms with E-state index >= 15 is 0 Å². The van der Waals surface area contributed by atoms with Gasteiger partial charge >= 0.3 is 0 Å². The van der Waals surface area contributed by atoms with Gasteiger partial charge in [-0.15, -0.1) is 0 Å². The summed E-state index contributed by atoms with van der Waals surface area (Å²) in [7, 11) is 0. The Morgan fingerprint density at radius 3 is 2.18 bits per heavy atom. The van der Waals surface area contributed by atoms with Gasteiger partial charge in [0.15, 0.2) is 11.9 Å². The quantitative estimate of drug-likeness (QED) is 0.377. The lowest BCUT2D eigenvalue weighted by atomic mass is 9.81. The Bertz CT molecular complexity index is 661. The Morgan fingerprint density at radius 2 is 1.61 bits per heavy atom. The summed E-state index contributed by atoms with van der Waals surface area (Å²) in [5.41, 5.74) is 3.92.